The highest BCUT2D eigenvalue weighted by Crippen LogP contribution is 2.45. The number of anilines is 3. The summed E-state index contributed by atoms with van der Waals surface area (Å²) in [6.45, 7) is 1.33. The molecule has 1 atom stereocenters. The Balaban J connectivity index is 1.54. The topological polar surface area (TPSA) is 78.5 Å². The van der Waals surface area contributed by atoms with Crippen molar-refractivity contribution in [3.8, 4) is 0 Å². The molecule has 1 aliphatic heterocycles. The number of para-hydroxylation sites is 1. The Bertz CT molecular complexity index is 1150. The lowest BCUT2D eigenvalue weighted by atomic mass is 10.1. The van der Waals surface area contributed by atoms with Crippen molar-refractivity contribution < 1.29 is 14.4 Å². The van der Waals surface area contributed by atoms with E-state index in [9.17, 15) is 14.4 Å². The van der Waals surface area contributed by atoms with Crippen LogP contribution in [0.1, 0.15) is 24.2 Å². The van der Waals surface area contributed by atoms with Gasteiger partial charge in [-0.1, -0.05) is 48.5 Å². The Hall–Kier alpha value is -3.58. The van der Waals surface area contributed by atoms with Gasteiger partial charge in [0.1, 0.15) is 6.54 Å². The number of amides is 3. The summed E-state index contributed by atoms with van der Waals surface area (Å²) < 4.78 is 0. The first-order valence-electron chi connectivity index (χ1n) is 10.3. The third-order valence-corrected chi connectivity index (χ3v) is 6.35. The smallest absolute Gasteiger partial charge is 0.244 e. The zero-order valence-electron chi connectivity index (χ0n) is 17.6. The van der Waals surface area contributed by atoms with Gasteiger partial charge in [0, 0.05) is 34.9 Å². The van der Waals surface area contributed by atoms with Gasteiger partial charge in [0.25, 0.3) is 0 Å². The second-order valence-electron chi connectivity index (χ2n) is 7.48. The van der Waals surface area contributed by atoms with Gasteiger partial charge in [-0.25, -0.2) is 0 Å². The normalized spacial score (nSPS) is 15.5. The van der Waals surface area contributed by atoms with Crippen molar-refractivity contribution in [3.63, 3.8) is 0 Å². The van der Waals surface area contributed by atoms with Gasteiger partial charge >= 0.3 is 0 Å². The lowest BCUT2D eigenvalue weighted by Crippen LogP contribution is -2.38. The third-order valence-electron chi connectivity index (χ3n) is 5.03. The van der Waals surface area contributed by atoms with Gasteiger partial charge in [0.05, 0.1) is 5.69 Å². The molecule has 0 saturated carbocycles. The van der Waals surface area contributed by atoms with E-state index in [0.717, 1.165) is 16.1 Å². The molecule has 4 rings (SSSR count). The van der Waals surface area contributed by atoms with E-state index < -0.39 is 0 Å². The number of benzene rings is 3. The van der Waals surface area contributed by atoms with Crippen LogP contribution in [0.5, 0.6) is 0 Å². The van der Waals surface area contributed by atoms with Gasteiger partial charge in [-0.3, -0.25) is 14.4 Å². The van der Waals surface area contributed by atoms with Crippen LogP contribution in [-0.2, 0) is 14.4 Å². The van der Waals surface area contributed by atoms with Gasteiger partial charge in [-0.15, -0.1) is 11.8 Å². The first-order chi connectivity index (χ1) is 15.5. The minimum Gasteiger partial charge on any atom is -0.326 e. The average molecular weight is 446 g/mol. The number of carbonyl (C=O) groups is 3. The standard InChI is InChI=1S/C25H23N3O3S/c1-17(29)26-19-10-7-11-20(14-19)27-24(30)16-28-21-12-5-6-13-22(21)32-23(15-25(28)31)18-8-3-2-4-9-18/h2-14,23H,15-16H2,1H3,(H,26,29)(H,27,30)/t23-/m0/s1. The second kappa shape index (κ2) is 9.70. The highest BCUT2D eigenvalue weighted by molar-refractivity contribution is 7.99. The van der Waals surface area contributed by atoms with Crippen molar-refractivity contribution in [1.82, 2.24) is 0 Å². The molecule has 0 fully saturated rings. The highest BCUT2D eigenvalue weighted by Gasteiger charge is 2.30. The number of nitrogens with zero attached hydrogens (tertiary/aromatic N) is 1. The molecule has 6 nitrogen and oxygen atoms in total. The molecule has 32 heavy (non-hydrogen) atoms. The van der Waals surface area contributed by atoms with Crippen LogP contribution < -0.4 is 15.5 Å². The molecule has 0 radical (unpaired) electrons. The first kappa shape index (κ1) is 21.6. The predicted molar refractivity (Wildman–Crippen MR) is 128 cm³/mol. The predicted octanol–water partition coefficient (Wildman–Crippen LogP) is 4.85. The summed E-state index contributed by atoms with van der Waals surface area (Å²) in [6.07, 6.45) is 0.300. The van der Waals surface area contributed by atoms with Crippen molar-refractivity contribution in [1.29, 1.82) is 0 Å². The summed E-state index contributed by atoms with van der Waals surface area (Å²) in [7, 11) is 0. The summed E-state index contributed by atoms with van der Waals surface area (Å²) in [5.74, 6) is -0.597. The summed E-state index contributed by atoms with van der Waals surface area (Å²) >= 11 is 1.64. The Morgan fingerprint density at radius 2 is 1.62 bits per heavy atom. The molecule has 3 aromatic carbocycles. The molecular weight excluding hydrogens is 422 g/mol. The summed E-state index contributed by atoms with van der Waals surface area (Å²) in [5, 5.41) is 5.50. The van der Waals surface area contributed by atoms with Gasteiger partial charge in [0.2, 0.25) is 17.7 Å². The molecule has 2 N–H and O–H groups in total. The van der Waals surface area contributed by atoms with Crippen molar-refractivity contribution in [3.05, 3.63) is 84.4 Å². The van der Waals surface area contributed by atoms with Crippen LogP contribution in [0.3, 0.4) is 0 Å². The van der Waals surface area contributed by atoms with Crippen LogP contribution in [0.15, 0.2) is 83.8 Å². The van der Waals surface area contributed by atoms with Crippen LogP contribution in [0.25, 0.3) is 0 Å². The Kier molecular flexibility index (Phi) is 6.56. The van der Waals surface area contributed by atoms with Crippen LogP contribution in [0.2, 0.25) is 0 Å². The number of hydrogen-bond acceptors (Lipinski definition) is 4. The molecule has 0 saturated heterocycles. The summed E-state index contributed by atoms with van der Waals surface area (Å²) in [6, 6.07) is 24.5. The molecule has 0 bridgehead atoms. The molecule has 0 unspecified atom stereocenters. The van der Waals surface area contributed by atoms with E-state index in [1.165, 1.54) is 6.92 Å². The first-order valence-corrected chi connectivity index (χ1v) is 11.2. The number of fused-ring (bicyclic) bond motifs is 1. The molecule has 162 valence electrons. The third kappa shape index (κ3) is 5.18. The zero-order chi connectivity index (χ0) is 22.5. The summed E-state index contributed by atoms with van der Waals surface area (Å²) in [4.78, 5) is 39.8. The van der Waals surface area contributed by atoms with Crippen molar-refractivity contribution in [2.45, 2.75) is 23.5 Å². The number of thioether (sulfide) groups is 1. The Labute approximate surface area is 191 Å². The minimum absolute atomic E-state index is 0.0211. The number of hydrogen-bond donors (Lipinski definition) is 2. The van der Waals surface area contributed by atoms with Gasteiger partial charge < -0.3 is 15.5 Å². The lowest BCUT2D eigenvalue weighted by Gasteiger charge is -2.22. The number of nitrogens with one attached hydrogen (secondary N) is 2. The van der Waals surface area contributed by atoms with Gasteiger partial charge in [0.15, 0.2) is 0 Å². The molecule has 7 heteroatoms. The molecule has 1 aliphatic rings. The fraction of sp³-hybridized carbons (Fsp3) is 0.160. The monoisotopic (exact) mass is 445 g/mol. The van der Waals surface area contributed by atoms with E-state index in [0.29, 0.717) is 17.8 Å². The molecular formula is C25H23N3O3S. The van der Waals surface area contributed by atoms with Crippen molar-refractivity contribution in [2.75, 3.05) is 22.1 Å². The molecule has 3 amide bonds. The van der Waals surface area contributed by atoms with E-state index in [-0.39, 0.29) is 29.5 Å². The van der Waals surface area contributed by atoms with E-state index in [1.807, 2.05) is 54.6 Å². The van der Waals surface area contributed by atoms with Crippen LogP contribution >= 0.6 is 11.8 Å². The maximum Gasteiger partial charge on any atom is 0.244 e. The quantitative estimate of drug-likeness (QED) is 0.588. The largest absolute Gasteiger partial charge is 0.326 e. The van der Waals surface area contributed by atoms with E-state index >= 15 is 0 Å². The maximum atomic E-state index is 13.2. The Morgan fingerprint density at radius 1 is 0.938 bits per heavy atom. The maximum absolute atomic E-state index is 13.2. The Morgan fingerprint density at radius 3 is 2.38 bits per heavy atom. The van der Waals surface area contributed by atoms with E-state index in [1.54, 1.807) is 40.9 Å². The minimum atomic E-state index is -0.309. The second-order valence-corrected chi connectivity index (χ2v) is 8.72. The molecule has 0 spiro atoms. The van der Waals surface area contributed by atoms with Gasteiger partial charge in [-0.05, 0) is 35.9 Å². The number of rotatable bonds is 5. The van der Waals surface area contributed by atoms with Crippen LogP contribution in [-0.4, -0.2) is 24.3 Å². The number of carbonyl (C=O) groups excluding carboxylic acids is 3. The fourth-order valence-corrected chi connectivity index (χ4v) is 4.91. The highest BCUT2D eigenvalue weighted by atomic mass is 32.2. The van der Waals surface area contributed by atoms with Crippen LogP contribution in [0, 0.1) is 0 Å². The fourth-order valence-electron chi connectivity index (χ4n) is 3.63. The van der Waals surface area contributed by atoms with E-state index in [4.69, 9.17) is 0 Å². The average Bonchev–Trinajstić information content (AvgIpc) is 2.91. The van der Waals surface area contributed by atoms with Crippen LogP contribution in [0.4, 0.5) is 17.1 Å². The van der Waals surface area contributed by atoms with Gasteiger partial charge in [-0.2, -0.15) is 0 Å². The van der Waals surface area contributed by atoms with E-state index in [2.05, 4.69) is 10.6 Å². The summed E-state index contributed by atoms with van der Waals surface area (Å²) in [5.41, 5.74) is 2.96. The van der Waals surface area contributed by atoms with Crippen molar-refractivity contribution >= 4 is 46.5 Å². The lowest BCUT2D eigenvalue weighted by molar-refractivity contribution is -0.121. The SMILES string of the molecule is CC(=O)Nc1cccc(NC(=O)CN2C(=O)C[C@@H](c3ccccc3)Sc3ccccc32)c1. The molecule has 1 heterocycles. The molecule has 0 aromatic heterocycles. The van der Waals surface area contributed by atoms with Crippen molar-refractivity contribution in [2.24, 2.45) is 0 Å². The zero-order valence-corrected chi connectivity index (χ0v) is 18.4. The molecule has 0 aliphatic carbocycles. The molecule has 3 aromatic rings.